The van der Waals surface area contributed by atoms with Crippen molar-refractivity contribution in [2.24, 2.45) is 0 Å². The Morgan fingerprint density at radius 3 is 1.69 bits per heavy atom. The van der Waals surface area contributed by atoms with Gasteiger partial charge in [0, 0.05) is 44.3 Å². The molecular weight excluding hydrogens is 623 g/mol. The molecule has 0 saturated carbocycles. The average molecular weight is 654 g/mol. The van der Waals surface area contributed by atoms with Crippen LogP contribution in [0.1, 0.15) is 0 Å². The summed E-state index contributed by atoms with van der Waals surface area (Å²) in [6.07, 6.45) is 0. The van der Waals surface area contributed by atoms with E-state index in [0.29, 0.717) is 0 Å². The number of aromatic nitrogens is 1. The Bertz CT molecular complexity index is 2740. The van der Waals surface area contributed by atoms with Gasteiger partial charge < -0.3 is 14.0 Å². The van der Waals surface area contributed by atoms with Crippen LogP contribution in [0.5, 0.6) is 23.0 Å². The van der Waals surface area contributed by atoms with E-state index >= 15 is 0 Å². The second kappa shape index (κ2) is 11.9. The van der Waals surface area contributed by atoms with Gasteiger partial charge in [-0.15, -0.1) is 0 Å². The molecule has 1 aliphatic rings. The van der Waals surface area contributed by atoms with Gasteiger partial charge >= 0.3 is 0 Å². The minimum atomic E-state index is 0.763. The van der Waals surface area contributed by atoms with E-state index in [1.807, 2.05) is 30.3 Å². The van der Waals surface area contributed by atoms with E-state index in [-0.39, 0.29) is 0 Å². The molecule has 240 valence electrons. The highest BCUT2D eigenvalue weighted by Crippen LogP contribution is 2.52. The number of para-hydroxylation sites is 5. The second-order valence-corrected chi connectivity index (χ2v) is 12.8. The molecule has 51 heavy (non-hydrogen) atoms. The fraction of sp³-hybridized carbons (Fsp3) is 0. The first-order valence-electron chi connectivity index (χ1n) is 17.3. The molecule has 0 N–H and O–H groups in total. The zero-order chi connectivity index (χ0) is 33.7. The Morgan fingerprint density at radius 2 is 0.863 bits per heavy atom. The molecule has 0 saturated heterocycles. The van der Waals surface area contributed by atoms with Crippen molar-refractivity contribution in [2.75, 3.05) is 0 Å². The van der Waals surface area contributed by atoms with Crippen LogP contribution in [0.15, 0.2) is 188 Å². The van der Waals surface area contributed by atoms with Crippen LogP contribution >= 0.6 is 0 Å². The van der Waals surface area contributed by atoms with E-state index in [2.05, 4.69) is 162 Å². The molecule has 0 spiro atoms. The lowest BCUT2D eigenvalue weighted by molar-refractivity contribution is 0.473. The molecule has 0 radical (unpaired) electrons. The predicted molar refractivity (Wildman–Crippen MR) is 209 cm³/mol. The van der Waals surface area contributed by atoms with Gasteiger partial charge in [-0.1, -0.05) is 146 Å². The van der Waals surface area contributed by atoms with E-state index in [4.69, 9.17) is 9.47 Å². The van der Waals surface area contributed by atoms with Gasteiger partial charge in [-0.2, -0.15) is 0 Å². The minimum Gasteiger partial charge on any atom is -0.456 e. The number of hydrogen-bond donors (Lipinski definition) is 0. The molecule has 9 aromatic rings. The molecule has 0 aliphatic carbocycles. The number of ether oxygens (including phenoxy) is 2. The Labute approximate surface area is 296 Å². The zero-order valence-electron chi connectivity index (χ0n) is 27.7. The summed E-state index contributed by atoms with van der Waals surface area (Å²) in [6.45, 7) is 0. The summed E-state index contributed by atoms with van der Waals surface area (Å²) in [7, 11) is 0. The monoisotopic (exact) mass is 653 g/mol. The first kappa shape index (κ1) is 29.1. The lowest BCUT2D eigenvalue weighted by atomic mass is 9.91. The highest BCUT2D eigenvalue weighted by molar-refractivity contribution is 6.16. The predicted octanol–water partition coefficient (Wildman–Crippen LogP) is 13.3. The van der Waals surface area contributed by atoms with Crippen molar-refractivity contribution in [3.05, 3.63) is 188 Å². The van der Waals surface area contributed by atoms with Crippen molar-refractivity contribution in [1.29, 1.82) is 0 Å². The van der Waals surface area contributed by atoms with Crippen molar-refractivity contribution >= 4 is 21.8 Å². The second-order valence-electron chi connectivity index (χ2n) is 12.8. The summed E-state index contributed by atoms with van der Waals surface area (Å²) in [5.74, 6) is 3.09. The van der Waals surface area contributed by atoms with Crippen molar-refractivity contribution in [2.45, 2.75) is 0 Å². The highest BCUT2D eigenvalue weighted by atomic mass is 16.5. The lowest BCUT2D eigenvalue weighted by Crippen LogP contribution is -2.00. The summed E-state index contributed by atoms with van der Waals surface area (Å²) in [5.41, 5.74) is 11.6. The Hall–Kier alpha value is -6.84. The number of rotatable bonds is 3. The maximum absolute atomic E-state index is 7.37. The highest BCUT2D eigenvalue weighted by Gasteiger charge is 2.26. The third-order valence-electron chi connectivity index (χ3n) is 9.89. The third kappa shape index (κ3) is 4.74. The van der Waals surface area contributed by atoms with Gasteiger partial charge in [0.25, 0.3) is 0 Å². The zero-order valence-corrected chi connectivity index (χ0v) is 27.7. The fourth-order valence-corrected chi connectivity index (χ4v) is 7.69. The van der Waals surface area contributed by atoms with E-state index < -0.39 is 0 Å². The van der Waals surface area contributed by atoms with Gasteiger partial charge in [0.05, 0.1) is 11.0 Å². The average Bonchev–Trinajstić information content (AvgIpc) is 3.54. The van der Waals surface area contributed by atoms with Crippen LogP contribution in [-0.4, -0.2) is 4.57 Å². The summed E-state index contributed by atoms with van der Waals surface area (Å²) < 4.78 is 16.6. The maximum atomic E-state index is 7.37. The number of hydrogen-bond acceptors (Lipinski definition) is 2. The summed E-state index contributed by atoms with van der Waals surface area (Å²) >= 11 is 0. The SMILES string of the molecule is c1ccc(-c2cccc3c2-c2ccccc2Oc2ccccc2-c2cccc(-c4cccc5c4c4ccccc4n5-c4ccccc4)c2O3)cc1. The molecule has 0 amide bonds. The Kier molecular flexibility index (Phi) is 6.81. The van der Waals surface area contributed by atoms with Gasteiger partial charge in [-0.25, -0.2) is 0 Å². The topological polar surface area (TPSA) is 23.4 Å². The lowest BCUT2D eigenvalue weighted by Gasteiger charge is -2.24. The normalized spacial score (nSPS) is 11.8. The van der Waals surface area contributed by atoms with Crippen molar-refractivity contribution in [3.8, 4) is 73.2 Å². The van der Waals surface area contributed by atoms with Gasteiger partial charge in [0.1, 0.15) is 23.0 Å². The van der Waals surface area contributed by atoms with Gasteiger partial charge in [0.15, 0.2) is 0 Å². The molecule has 10 rings (SSSR count). The van der Waals surface area contributed by atoms with Gasteiger partial charge in [-0.05, 0) is 59.2 Å². The van der Waals surface area contributed by atoms with Gasteiger partial charge in [-0.3, -0.25) is 0 Å². The Morgan fingerprint density at radius 1 is 0.333 bits per heavy atom. The van der Waals surface area contributed by atoms with E-state index in [1.165, 1.54) is 10.8 Å². The first-order valence-corrected chi connectivity index (χ1v) is 17.3. The molecular formula is C48H31NO2. The molecule has 2 heterocycles. The van der Waals surface area contributed by atoms with E-state index in [9.17, 15) is 0 Å². The molecule has 0 atom stereocenters. The Balaban J connectivity index is 1.30. The first-order chi connectivity index (χ1) is 25.3. The molecule has 3 heteroatoms. The quantitative estimate of drug-likeness (QED) is 0.189. The largest absolute Gasteiger partial charge is 0.456 e. The fourth-order valence-electron chi connectivity index (χ4n) is 7.69. The van der Waals surface area contributed by atoms with Crippen LogP contribution in [0.4, 0.5) is 0 Å². The molecule has 1 aromatic heterocycles. The van der Waals surface area contributed by atoms with E-state index in [1.54, 1.807) is 0 Å². The summed E-state index contributed by atoms with van der Waals surface area (Å²) in [6, 6.07) is 65.7. The van der Waals surface area contributed by atoms with Crippen LogP contribution in [-0.2, 0) is 0 Å². The van der Waals surface area contributed by atoms with Crippen LogP contribution in [0, 0.1) is 0 Å². The van der Waals surface area contributed by atoms with E-state index in [0.717, 1.165) is 84.2 Å². The molecule has 8 aromatic carbocycles. The molecule has 1 aliphatic heterocycles. The smallest absolute Gasteiger partial charge is 0.143 e. The molecule has 3 nitrogen and oxygen atoms in total. The maximum Gasteiger partial charge on any atom is 0.143 e. The van der Waals surface area contributed by atoms with Crippen LogP contribution < -0.4 is 9.47 Å². The number of fused-ring (bicyclic) bond motifs is 9. The van der Waals surface area contributed by atoms with Gasteiger partial charge in [0.2, 0.25) is 0 Å². The standard InChI is InChI=1S/C48H31NO2/c1-3-16-32(17-4-1)34-23-15-31-45-47(34)40-22-9-12-30-44(40)50-43-29-11-8-20-35(43)37-25-13-26-38(48(37)51-45)36-24-14-28-42-46(36)39-21-7-10-27-41(39)49(42)33-18-5-2-6-19-33/h1-31H. The molecule has 0 bridgehead atoms. The summed E-state index contributed by atoms with van der Waals surface area (Å²) in [5, 5.41) is 2.37. The number of benzene rings is 8. The minimum absolute atomic E-state index is 0.763. The summed E-state index contributed by atoms with van der Waals surface area (Å²) in [4.78, 5) is 0. The third-order valence-corrected chi connectivity index (χ3v) is 9.89. The van der Waals surface area contributed by atoms with Crippen LogP contribution in [0.25, 0.3) is 72.0 Å². The number of nitrogens with zero attached hydrogens (tertiary/aromatic N) is 1. The molecule has 0 unspecified atom stereocenters. The van der Waals surface area contributed by atoms with Crippen molar-refractivity contribution < 1.29 is 9.47 Å². The van der Waals surface area contributed by atoms with Crippen LogP contribution in [0.3, 0.4) is 0 Å². The van der Waals surface area contributed by atoms with Crippen LogP contribution in [0.2, 0.25) is 0 Å². The van der Waals surface area contributed by atoms with Crippen molar-refractivity contribution in [3.63, 3.8) is 0 Å². The van der Waals surface area contributed by atoms with Crippen molar-refractivity contribution in [1.82, 2.24) is 4.57 Å². The molecule has 0 fully saturated rings.